The van der Waals surface area contributed by atoms with Crippen LogP contribution in [-0.2, 0) is 12.5 Å². The van der Waals surface area contributed by atoms with E-state index in [1.54, 1.807) is 13.3 Å². The molecule has 0 bridgehead atoms. The number of rotatable bonds is 5. The lowest BCUT2D eigenvalue weighted by atomic mass is 9.86. The molecule has 2 aromatic rings. The standard InChI is InChI=1S/C15H20N4O/c1-19-13(12(20-2)10-17-19)14(18-16)15(8-9-15)11-6-4-3-5-7-11/h3-7,10,14,18H,8-9,16H2,1-2H3. The van der Waals surface area contributed by atoms with E-state index in [2.05, 4.69) is 34.8 Å². The third kappa shape index (κ3) is 1.90. The number of hydrazine groups is 1. The number of nitrogens with one attached hydrogen (secondary N) is 1. The van der Waals surface area contributed by atoms with Gasteiger partial charge in [0.25, 0.3) is 0 Å². The summed E-state index contributed by atoms with van der Waals surface area (Å²) in [6, 6.07) is 10.5. The molecule has 1 atom stereocenters. The molecule has 1 unspecified atom stereocenters. The number of methoxy groups -OCH3 is 1. The van der Waals surface area contributed by atoms with Gasteiger partial charge < -0.3 is 4.74 Å². The van der Waals surface area contributed by atoms with E-state index in [-0.39, 0.29) is 11.5 Å². The molecule has 1 aromatic heterocycles. The van der Waals surface area contributed by atoms with Gasteiger partial charge in [-0.1, -0.05) is 30.3 Å². The topological polar surface area (TPSA) is 65.1 Å². The van der Waals surface area contributed by atoms with Gasteiger partial charge in [0.15, 0.2) is 5.75 Å². The van der Waals surface area contributed by atoms with E-state index in [1.807, 2.05) is 17.8 Å². The normalized spacial score (nSPS) is 17.8. The van der Waals surface area contributed by atoms with Gasteiger partial charge in [0.2, 0.25) is 0 Å². The first kappa shape index (κ1) is 13.1. The van der Waals surface area contributed by atoms with Crippen LogP contribution in [0.25, 0.3) is 0 Å². The van der Waals surface area contributed by atoms with E-state index in [1.165, 1.54) is 5.56 Å². The zero-order valence-corrected chi connectivity index (χ0v) is 11.8. The van der Waals surface area contributed by atoms with E-state index >= 15 is 0 Å². The summed E-state index contributed by atoms with van der Waals surface area (Å²) in [7, 11) is 3.58. The first-order chi connectivity index (χ1) is 9.73. The van der Waals surface area contributed by atoms with Gasteiger partial charge >= 0.3 is 0 Å². The number of hydrogen-bond donors (Lipinski definition) is 2. The van der Waals surface area contributed by atoms with Crippen LogP contribution in [0.15, 0.2) is 36.5 Å². The van der Waals surface area contributed by atoms with Crippen molar-refractivity contribution in [1.82, 2.24) is 15.2 Å². The van der Waals surface area contributed by atoms with Gasteiger partial charge in [-0.3, -0.25) is 16.0 Å². The minimum Gasteiger partial charge on any atom is -0.493 e. The van der Waals surface area contributed by atoms with Crippen LogP contribution < -0.4 is 16.0 Å². The number of aromatic nitrogens is 2. The molecule has 106 valence electrons. The third-order valence-corrected chi connectivity index (χ3v) is 4.30. The second kappa shape index (κ2) is 4.92. The van der Waals surface area contributed by atoms with E-state index in [4.69, 9.17) is 10.6 Å². The molecule has 5 nitrogen and oxygen atoms in total. The van der Waals surface area contributed by atoms with E-state index < -0.39 is 0 Å². The van der Waals surface area contributed by atoms with Crippen molar-refractivity contribution in [1.29, 1.82) is 0 Å². The molecule has 1 aromatic carbocycles. The SMILES string of the molecule is COc1cnn(C)c1C(NN)C1(c2ccccc2)CC1. The Morgan fingerprint density at radius 1 is 1.35 bits per heavy atom. The second-order valence-electron chi connectivity index (χ2n) is 5.34. The Morgan fingerprint density at radius 2 is 2.05 bits per heavy atom. The van der Waals surface area contributed by atoms with Gasteiger partial charge in [-0.25, -0.2) is 0 Å². The number of benzene rings is 1. The second-order valence-corrected chi connectivity index (χ2v) is 5.34. The summed E-state index contributed by atoms with van der Waals surface area (Å²) in [5.41, 5.74) is 5.33. The monoisotopic (exact) mass is 272 g/mol. The van der Waals surface area contributed by atoms with Crippen molar-refractivity contribution in [3.05, 3.63) is 47.8 Å². The van der Waals surface area contributed by atoms with E-state index in [0.717, 1.165) is 24.3 Å². The quantitative estimate of drug-likeness (QED) is 0.642. The van der Waals surface area contributed by atoms with Crippen LogP contribution in [0.4, 0.5) is 0 Å². The van der Waals surface area contributed by atoms with Crippen molar-refractivity contribution >= 4 is 0 Å². The fourth-order valence-corrected chi connectivity index (χ4v) is 3.06. The summed E-state index contributed by atoms with van der Waals surface area (Å²) in [5.74, 6) is 6.65. The van der Waals surface area contributed by atoms with Crippen LogP contribution in [0.2, 0.25) is 0 Å². The highest BCUT2D eigenvalue weighted by molar-refractivity contribution is 5.40. The fourth-order valence-electron chi connectivity index (χ4n) is 3.06. The third-order valence-electron chi connectivity index (χ3n) is 4.30. The van der Waals surface area contributed by atoms with Crippen molar-refractivity contribution in [3.63, 3.8) is 0 Å². The van der Waals surface area contributed by atoms with Crippen LogP contribution in [0.1, 0.15) is 30.1 Å². The first-order valence-electron chi connectivity index (χ1n) is 6.80. The largest absolute Gasteiger partial charge is 0.493 e. The predicted octanol–water partition coefficient (Wildman–Crippen LogP) is 1.66. The van der Waals surface area contributed by atoms with Gasteiger partial charge in [-0.2, -0.15) is 5.10 Å². The zero-order valence-electron chi connectivity index (χ0n) is 11.8. The lowest BCUT2D eigenvalue weighted by Gasteiger charge is -2.27. The highest BCUT2D eigenvalue weighted by Crippen LogP contribution is 2.57. The molecule has 1 aliphatic carbocycles. The van der Waals surface area contributed by atoms with Crippen LogP contribution in [0.5, 0.6) is 5.75 Å². The highest BCUT2D eigenvalue weighted by Gasteiger charge is 2.52. The molecule has 3 N–H and O–H groups in total. The Morgan fingerprint density at radius 3 is 2.60 bits per heavy atom. The molecule has 1 aliphatic rings. The molecule has 0 saturated heterocycles. The van der Waals surface area contributed by atoms with Crippen LogP contribution in [0, 0.1) is 0 Å². The molecule has 20 heavy (non-hydrogen) atoms. The lowest BCUT2D eigenvalue weighted by molar-refractivity contribution is 0.368. The van der Waals surface area contributed by atoms with Crippen LogP contribution in [0.3, 0.4) is 0 Å². The molecule has 1 fully saturated rings. The summed E-state index contributed by atoms with van der Waals surface area (Å²) >= 11 is 0. The van der Waals surface area contributed by atoms with Crippen molar-refractivity contribution in [2.75, 3.05) is 7.11 Å². The summed E-state index contributed by atoms with van der Waals surface area (Å²) in [5, 5.41) is 4.29. The van der Waals surface area contributed by atoms with Crippen molar-refractivity contribution in [2.45, 2.75) is 24.3 Å². The fraction of sp³-hybridized carbons (Fsp3) is 0.400. The van der Waals surface area contributed by atoms with Crippen LogP contribution in [-0.4, -0.2) is 16.9 Å². The van der Waals surface area contributed by atoms with Crippen molar-refractivity contribution in [2.24, 2.45) is 12.9 Å². The molecule has 3 rings (SSSR count). The molecule has 0 radical (unpaired) electrons. The number of nitrogens with two attached hydrogens (primary N) is 1. The average Bonchev–Trinajstić information content (AvgIpc) is 3.21. The minimum atomic E-state index is -0.00708. The molecular formula is C15H20N4O. The maximum absolute atomic E-state index is 5.87. The molecule has 1 heterocycles. The molecule has 0 amide bonds. The smallest absolute Gasteiger partial charge is 0.161 e. The summed E-state index contributed by atoms with van der Waals surface area (Å²) < 4.78 is 7.27. The molecular weight excluding hydrogens is 252 g/mol. The Labute approximate surface area is 118 Å². The Hall–Kier alpha value is -1.85. The maximum atomic E-state index is 5.87. The lowest BCUT2D eigenvalue weighted by Crippen LogP contribution is -2.38. The van der Waals surface area contributed by atoms with Gasteiger partial charge in [0.1, 0.15) is 0 Å². The molecule has 5 heteroatoms. The Balaban J connectivity index is 2.04. The Bertz CT molecular complexity index is 589. The van der Waals surface area contributed by atoms with Gasteiger partial charge in [-0.15, -0.1) is 0 Å². The van der Waals surface area contributed by atoms with Crippen LogP contribution >= 0.6 is 0 Å². The highest BCUT2D eigenvalue weighted by atomic mass is 16.5. The molecule has 0 spiro atoms. The van der Waals surface area contributed by atoms with Crippen molar-refractivity contribution < 1.29 is 4.74 Å². The number of ether oxygens (including phenoxy) is 1. The van der Waals surface area contributed by atoms with Gasteiger partial charge in [0, 0.05) is 12.5 Å². The predicted molar refractivity (Wildman–Crippen MR) is 77.2 cm³/mol. The van der Waals surface area contributed by atoms with Crippen molar-refractivity contribution in [3.8, 4) is 5.75 Å². The number of nitrogens with zero attached hydrogens (tertiary/aromatic N) is 2. The molecule has 0 aliphatic heterocycles. The summed E-state index contributed by atoms with van der Waals surface area (Å²) in [6.07, 6.45) is 3.96. The molecule has 1 saturated carbocycles. The van der Waals surface area contributed by atoms with Gasteiger partial charge in [0.05, 0.1) is 25.0 Å². The number of aryl methyl sites for hydroxylation is 1. The maximum Gasteiger partial charge on any atom is 0.161 e. The van der Waals surface area contributed by atoms with E-state index in [0.29, 0.717) is 0 Å². The summed E-state index contributed by atoms with van der Waals surface area (Å²) in [4.78, 5) is 0. The van der Waals surface area contributed by atoms with Gasteiger partial charge in [-0.05, 0) is 18.4 Å². The minimum absolute atomic E-state index is 0.00708. The Kier molecular flexibility index (Phi) is 3.23. The zero-order chi connectivity index (χ0) is 14.2. The average molecular weight is 272 g/mol. The number of hydrogen-bond acceptors (Lipinski definition) is 4. The first-order valence-corrected chi connectivity index (χ1v) is 6.80. The van der Waals surface area contributed by atoms with E-state index in [9.17, 15) is 0 Å². The summed E-state index contributed by atoms with van der Waals surface area (Å²) in [6.45, 7) is 0.